The predicted octanol–water partition coefficient (Wildman–Crippen LogP) is 1.52. The van der Waals surface area contributed by atoms with Crippen LogP contribution < -0.4 is 5.73 Å². The van der Waals surface area contributed by atoms with E-state index < -0.39 is 0 Å². The van der Waals surface area contributed by atoms with Crippen molar-refractivity contribution in [2.45, 2.75) is 50.0 Å². The first kappa shape index (κ1) is 9.16. The number of rotatable bonds is 2. The summed E-state index contributed by atoms with van der Waals surface area (Å²) in [5.41, 5.74) is 6.31. The Morgan fingerprint density at radius 3 is 2.62 bits per heavy atom. The molecule has 4 unspecified atom stereocenters. The van der Waals surface area contributed by atoms with Gasteiger partial charge in [0, 0.05) is 17.9 Å². The highest BCUT2D eigenvalue weighted by Crippen LogP contribution is 2.51. The second-order valence-electron chi connectivity index (χ2n) is 5.79. The lowest BCUT2D eigenvalue weighted by molar-refractivity contribution is 0.355. The lowest BCUT2D eigenvalue weighted by atomic mass is 9.84. The van der Waals surface area contributed by atoms with Gasteiger partial charge in [0.05, 0.1) is 0 Å². The third-order valence-corrected chi connectivity index (χ3v) is 4.76. The van der Waals surface area contributed by atoms with Crippen molar-refractivity contribution in [2.75, 3.05) is 0 Å². The van der Waals surface area contributed by atoms with Crippen LogP contribution in [0.2, 0.25) is 0 Å². The molecule has 1 aromatic rings. The lowest BCUT2D eigenvalue weighted by Crippen LogP contribution is -2.34. The molecule has 0 aliphatic heterocycles. The molecule has 2 bridgehead atoms. The normalized spacial score (nSPS) is 41.8. The summed E-state index contributed by atoms with van der Waals surface area (Å²) in [4.78, 5) is 4.68. The minimum atomic E-state index is 0.318. The van der Waals surface area contributed by atoms with E-state index in [1.807, 2.05) is 0 Å². The second kappa shape index (κ2) is 3.06. The van der Waals surface area contributed by atoms with Crippen molar-refractivity contribution >= 4 is 0 Å². The van der Waals surface area contributed by atoms with Crippen molar-refractivity contribution in [1.29, 1.82) is 0 Å². The summed E-state index contributed by atoms with van der Waals surface area (Å²) >= 11 is 0. The van der Waals surface area contributed by atoms with Crippen molar-refractivity contribution in [3.8, 4) is 0 Å². The maximum atomic E-state index is 6.31. The summed E-state index contributed by atoms with van der Waals surface area (Å²) in [6.07, 6.45) is 6.50. The van der Waals surface area contributed by atoms with E-state index in [9.17, 15) is 0 Å². The van der Waals surface area contributed by atoms with Crippen molar-refractivity contribution in [1.82, 2.24) is 15.2 Å². The van der Waals surface area contributed by atoms with Gasteiger partial charge in [-0.1, -0.05) is 0 Å². The van der Waals surface area contributed by atoms with E-state index in [0.29, 0.717) is 17.9 Å². The van der Waals surface area contributed by atoms with Crippen LogP contribution >= 0.6 is 0 Å². The van der Waals surface area contributed by atoms with Gasteiger partial charge in [0.15, 0.2) is 5.82 Å². The summed E-state index contributed by atoms with van der Waals surface area (Å²) in [6.45, 7) is 0. The molecule has 0 radical (unpaired) electrons. The van der Waals surface area contributed by atoms with E-state index >= 15 is 0 Å². The Hall–Kier alpha value is -0.900. The molecule has 3 fully saturated rings. The van der Waals surface area contributed by atoms with Gasteiger partial charge in [-0.15, -0.1) is 0 Å². The molecule has 3 N–H and O–H groups in total. The number of nitrogens with two attached hydrogens (primary N) is 1. The number of nitrogens with one attached hydrogen (secondary N) is 1. The molecular weight excluding hydrogens is 200 g/mol. The molecule has 1 aromatic heterocycles. The Morgan fingerprint density at radius 1 is 1.12 bits per heavy atom. The van der Waals surface area contributed by atoms with Crippen LogP contribution in [0.25, 0.3) is 0 Å². The van der Waals surface area contributed by atoms with Gasteiger partial charge >= 0.3 is 0 Å². The van der Waals surface area contributed by atoms with Crippen LogP contribution in [0.15, 0.2) is 0 Å². The first-order valence-corrected chi connectivity index (χ1v) is 6.50. The summed E-state index contributed by atoms with van der Waals surface area (Å²) in [6, 6.07) is 0.318. The fraction of sp³-hybridized carbons (Fsp3) is 0.833. The average molecular weight is 218 g/mol. The molecule has 4 atom stereocenters. The zero-order chi connectivity index (χ0) is 10.7. The molecule has 4 nitrogen and oxygen atoms in total. The van der Waals surface area contributed by atoms with E-state index in [1.54, 1.807) is 0 Å². The fourth-order valence-corrected chi connectivity index (χ4v) is 3.70. The molecule has 3 aliphatic carbocycles. The first-order chi connectivity index (χ1) is 7.83. The zero-order valence-corrected chi connectivity index (χ0v) is 9.39. The molecule has 0 spiro atoms. The molecule has 3 saturated carbocycles. The maximum Gasteiger partial charge on any atom is 0.153 e. The minimum absolute atomic E-state index is 0.318. The van der Waals surface area contributed by atoms with E-state index in [0.717, 1.165) is 23.5 Å². The first-order valence-electron chi connectivity index (χ1n) is 6.50. The lowest BCUT2D eigenvalue weighted by Gasteiger charge is -2.25. The SMILES string of the molecule is NC1C2CCC(C2)C1c1nc(C2CC2)n[nH]1. The summed E-state index contributed by atoms with van der Waals surface area (Å²) < 4.78 is 0. The zero-order valence-electron chi connectivity index (χ0n) is 9.39. The predicted molar refractivity (Wildman–Crippen MR) is 59.9 cm³/mol. The quantitative estimate of drug-likeness (QED) is 0.791. The van der Waals surface area contributed by atoms with Gasteiger partial charge in [-0.3, -0.25) is 5.10 Å². The maximum absolute atomic E-state index is 6.31. The summed E-state index contributed by atoms with van der Waals surface area (Å²) in [5.74, 6) is 4.70. The van der Waals surface area contributed by atoms with Gasteiger partial charge in [-0.05, 0) is 43.9 Å². The Bertz CT molecular complexity index is 407. The number of nitrogens with zero attached hydrogens (tertiary/aromatic N) is 2. The number of H-pyrrole nitrogens is 1. The van der Waals surface area contributed by atoms with Crippen LogP contribution in [0.4, 0.5) is 0 Å². The highest BCUT2D eigenvalue weighted by atomic mass is 15.2. The van der Waals surface area contributed by atoms with Gasteiger partial charge in [0.25, 0.3) is 0 Å². The number of aromatic amines is 1. The topological polar surface area (TPSA) is 67.6 Å². The van der Waals surface area contributed by atoms with Gasteiger partial charge in [-0.2, -0.15) is 5.10 Å². The van der Waals surface area contributed by atoms with Crippen molar-refractivity contribution in [3.05, 3.63) is 11.6 Å². The molecule has 16 heavy (non-hydrogen) atoms. The second-order valence-corrected chi connectivity index (χ2v) is 5.79. The highest BCUT2D eigenvalue weighted by Gasteiger charge is 2.48. The smallest absolute Gasteiger partial charge is 0.153 e. The third kappa shape index (κ3) is 1.19. The van der Waals surface area contributed by atoms with Crippen molar-refractivity contribution in [2.24, 2.45) is 17.6 Å². The monoisotopic (exact) mass is 218 g/mol. The molecule has 4 heteroatoms. The third-order valence-electron chi connectivity index (χ3n) is 4.76. The van der Waals surface area contributed by atoms with Crippen LogP contribution in [-0.4, -0.2) is 21.2 Å². The number of hydrogen-bond donors (Lipinski definition) is 2. The van der Waals surface area contributed by atoms with Crippen molar-refractivity contribution in [3.63, 3.8) is 0 Å². The standard InChI is InChI=1S/C12H18N4/c13-10-8-4-3-7(5-8)9(10)12-14-11(15-16-12)6-1-2-6/h6-10H,1-5,13H2,(H,14,15,16). The molecule has 0 amide bonds. The van der Waals surface area contributed by atoms with E-state index in [2.05, 4.69) is 15.2 Å². The van der Waals surface area contributed by atoms with E-state index in [1.165, 1.54) is 32.1 Å². The number of aromatic nitrogens is 3. The molecule has 0 saturated heterocycles. The highest BCUT2D eigenvalue weighted by molar-refractivity contribution is 5.15. The van der Waals surface area contributed by atoms with Crippen LogP contribution in [0, 0.1) is 11.8 Å². The van der Waals surface area contributed by atoms with Crippen LogP contribution in [0.3, 0.4) is 0 Å². The largest absolute Gasteiger partial charge is 0.327 e. The van der Waals surface area contributed by atoms with E-state index in [4.69, 9.17) is 5.73 Å². The molecule has 86 valence electrons. The van der Waals surface area contributed by atoms with Gasteiger partial charge in [0.2, 0.25) is 0 Å². The van der Waals surface area contributed by atoms with Crippen LogP contribution in [0.1, 0.15) is 55.6 Å². The molecule has 0 aromatic carbocycles. The fourth-order valence-electron chi connectivity index (χ4n) is 3.70. The Morgan fingerprint density at radius 2 is 1.94 bits per heavy atom. The summed E-state index contributed by atoms with van der Waals surface area (Å²) in [7, 11) is 0. The Labute approximate surface area is 95.0 Å². The summed E-state index contributed by atoms with van der Waals surface area (Å²) in [5, 5.41) is 7.49. The number of fused-ring (bicyclic) bond motifs is 2. The van der Waals surface area contributed by atoms with Gasteiger partial charge in [-0.25, -0.2) is 4.98 Å². The molecule has 3 aliphatic rings. The average Bonchev–Trinajstić information content (AvgIpc) is 2.77. The van der Waals surface area contributed by atoms with Gasteiger partial charge < -0.3 is 5.73 Å². The van der Waals surface area contributed by atoms with Gasteiger partial charge in [0.1, 0.15) is 5.82 Å². The van der Waals surface area contributed by atoms with E-state index in [-0.39, 0.29) is 0 Å². The Balaban J connectivity index is 1.63. The molecule has 4 rings (SSSR count). The van der Waals surface area contributed by atoms with Crippen molar-refractivity contribution < 1.29 is 0 Å². The number of hydrogen-bond acceptors (Lipinski definition) is 3. The molecular formula is C12H18N4. The minimum Gasteiger partial charge on any atom is -0.327 e. The van der Waals surface area contributed by atoms with Crippen LogP contribution in [0.5, 0.6) is 0 Å². The molecule has 1 heterocycles. The Kier molecular flexibility index (Phi) is 1.76. The van der Waals surface area contributed by atoms with Crippen LogP contribution in [-0.2, 0) is 0 Å².